The zero-order valence-corrected chi connectivity index (χ0v) is 25.3. The van der Waals surface area contributed by atoms with Crippen LogP contribution in [-0.4, -0.2) is 53.8 Å². The van der Waals surface area contributed by atoms with Crippen molar-refractivity contribution < 1.29 is 28.7 Å². The Bertz CT molecular complexity index is 1190. The Morgan fingerprint density at radius 1 is 0.714 bits per heavy atom. The Balaban J connectivity index is 2.22. The highest BCUT2D eigenvalue weighted by molar-refractivity contribution is 6.38. The highest BCUT2D eigenvalue weighted by atomic mass is 16.6. The predicted octanol–water partition coefficient (Wildman–Crippen LogP) is 3.60. The van der Waals surface area contributed by atoms with Gasteiger partial charge in [0.25, 0.3) is 5.91 Å². The molecule has 2 rings (SSSR count). The third-order valence-electron chi connectivity index (χ3n) is 6.56. The van der Waals surface area contributed by atoms with Crippen molar-refractivity contribution in [3.05, 3.63) is 71.8 Å². The first kappa shape index (κ1) is 34.0. The number of benzene rings is 2. The maximum Gasteiger partial charge on any atom is 0.408 e. The molecule has 4 amide bonds. The maximum atomic E-state index is 13.6. The van der Waals surface area contributed by atoms with Crippen molar-refractivity contribution in [2.45, 2.75) is 91.1 Å². The van der Waals surface area contributed by atoms with Crippen LogP contribution in [0.1, 0.15) is 71.6 Å². The van der Waals surface area contributed by atoms with Crippen molar-refractivity contribution in [3.63, 3.8) is 0 Å². The van der Waals surface area contributed by atoms with Crippen molar-refractivity contribution in [2.75, 3.05) is 0 Å². The van der Waals surface area contributed by atoms with E-state index >= 15 is 0 Å². The van der Waals surface area contributed by atoms with Crippen LogP contribution < -0.4 is 21.3 Å². The number of carbonyl (C=O) groups is 5. The standard InChI is InChI=1S/C32H44N4O6/c1-7-14-25(28(37)31(40)33-22(6)24-17-12-9-13-18-24)34-29(38)26(19-23-15-10-8-11-16-23)35-30(39)27(20(2)3)36-32(41)42-21(4)5/h8-13,15-18,20-22,25-27H,7,14,19H2,1-6H3,(H,33,40)(H,34,38)(H,35,39)(H,36,41)/t22-,25+,26-,27-/m0/s1. The number of rotatable bonds is 15. The second-order valence-electron chi connectivity index (χ2n) is 10.9. The number of ether oxygens (including phenoxy) is 1. The Morgan fingerprint density at radius 2 is 1.29 bits per heavy atom. The van der Waals surface area contributed by atoms with Gasteiger partial charge in [0, 0.05) is 6.42 Å². The molecule has 0 fully saturated rings. The molecular formula is C32H44N4O6. The lowest BCUT2D eigenvalue weighted by atomic mass is 10.00. The summed E-state index contributed by atoms with van der Waals surface area (Å²) in [7, 11) is 0. The van der Waals surface area contributed by atoms with Crippen molar-refractivity contribution >= 4 is 29.6 Å². The molecule has 0 aromatic heterocycles. The van der Waals surface area contributed by atoms with E-state index in [1.54, 1.807) is 34.6 Å². The second-order valence-corrected chi connectivity index (χ2v) is 10.9. The first-order chi connectivity index (χ1) is 19.9. The van der Waals surface area contributed by atoms with Gasteiger partial charge in [-0.1, -0.05) is 87.9 Å². The lowest BCUT2D eigenvalue weighted by molar-refractivity contribution is -0.141. The van der Waals surface area contributed by atoms with Gasteiger partial charge in [-0.15, -0.1) is 0 Å². The van der Waals surface area contributed by atoms with Crippen LogP contribution in [0, 0.1) is 5.92 Å². The number of carbonyl (C=O) groups excluding carboxylic acids is 5. The summed E-state index contributed by atoms with van der Waals surface area (Å²) in [6, 6.07) is 14.8. The van der Waals surface area contributed by atoms with E-state index in [0.717, 1.165) is 11.1 Å². The lowest BCUT2D eigenvalue weighted by Crippen LogP contribution is -2.58. The van der Waals surface area contributed by atoms with Crippen LogP contribution in [0.4, 0.5) is 4.79 Å². The molecule has 0 spiro atoms. The molecule has 2 aromatic carbocycles. The number of Topliss-reactive ketones (excluding diaryl/α,β-unsaturated/α-hetero) is 1. The van der Waals surface area contributed by atoms with Crippen molar-refractivity contribution in [3.8, 4) is 0 Å². The van der Waals surface area contributed by atoms with Gasteiger partial charge >= 0.3 is 6.09 Å². The highest BCUT2D eigenvalue weighted by Crippen LogP contribution is 2.12. The summed E-state index contributed by atoms with van der Waals surface area (Å²) in [5, 5.41) is 10.7. The molecule has 0 heterocycles. The van der Waals surface area contributed by atoms with E-state index in [-0.39, 0.29) is 24.9 Å². The fraction of sp³-hybridized carbons (Fsp3) is 0.469. The van der Waals surface area contributed by atoms with E-state index < -0.39 is 53.8 Å². The average Bonchev–Trinajstić information content (AvgIpc) is 2.95. The van der Waals surface area contributed by atoms with Crippen LogP contribution in [0.2, 0.25) is 0 Å². The third kappa shape index (κ3) is 11.0. The minimum atomic E-state index is -1.08. The van der Waals surface area contributed by atoms with Gasteiger partial charge in [-0.25, -0.2) is 4.79 Å². The van der Waals surface area contributed by atoms with E-state index in [4.69, 9.17) is 4.74 Å². The summed E-state index contributed by atoms with van der Waals surface area (Å²) >= 11 is 0. The quantitative estimate of drug-likeness (QED) is 0.237. The molecule has 10 heteroatoms. The molecule has 0 aliphatic heterocycles. The van der Waals surface area contributed by atoms with Gasteiger partial charge in [-0.2, -0.15) is 0 Å². The molecule has 0 unspecified atom stereocenters. The minimum Gasteiger partial charge on any atom is -0.447 e. The summed E-state index contributed by atoms with van der Waals surface area (Å²) in [5.74, 6) is -3.07. The molecule has 42 heavy (non-hydrogen) atoms. The minimum absolute atomic E-state index is 0.129. The van der Waals surface area contributed by atoms with Gasteiger partial charge in [0.2, 0.25) is 17.6 Å². The van der Waals surface area contributed by atoms with Gasteiger partial charge in [0.1, 0.15) is 12.1 Å². The Kier molecular flexibility index (Phi) is 13.7. The maximum absolute atomic E-state index is 13.6. The molecule has 4 N–H and O–H groups in total. The van der Waals surface area contributed by atoms with Crippen LogP contribution in [-0.2, 0) is 30.3 Å². The SMILES string of the molecule is CCC[C@@H](NC(=O)[C@H](Cc1ccccc1)NC(=O)[C@@H](NC(=O)OC(C)C)C(C)C)C(=O)C(=O)N[C@@H](C)c1ccccc1. The molecule has 0 aliphatic carbocycles. The van der Waals surface area contributed by atoms with E-state index in [1.165, 1.54) is 0 Å². The summed E-state index contributed by atoms with van der Waals surface area (Å²) < 4.78 is 5.13. The largest absolute Gasteiger partial charge is 0.447 e. The van der Waals surface area contributed by atoms with Crippen LogP contribution in [0.5, 0.6) is 0 Å². The van der Waals surface area contributed by atoms with Crippen molar-refractivity contribution in [2.24, 2.45) is 5.92 Å². The van der Waals surface area contributed by atoms with Gasteiger partial charge in [0.05, 0.1) is 18.2 Å². The number of amides is 4. The fourth-order valence-corrected chi connectivity index (χ4v) is 4.31. The number of alkyl carbamates (subject to hydrolysis) is 1. The van der Waals surface area contributed by atoms with Crippen molar-refractivity contribution in [1.82, 2.24) is 21.3 Å². The van der Waals surface area contributed by atoms with Gasteiger partial charge < -0.3 is 26.0 Å². The molecule has 228 valence electrons. The first-order valence-corrected chi connectivity index (χ1v) is 14.4. The summed E-state index contributed by atoms with van der Waals surface area (Å²) in [5.41, 5.74) is 1.62. The predicted molar refractivity (Wildman–Crippen MR) is 160 cm³/mol. The summed E-state index contributed by atoms with van der Waals surface area (Å²) in [4.78, 5) is 65.2. The van der Waals surface area contributed by atoms with Gasteiger partial charge in [-0.05, 0) is 44.2 Å². The Labute approximate surface area is 248 Å². The smallest absolute Gasteiger partial charge is 0.408 e. The summed E-state index contributed by atoms with van der Waals surface area (Å²) in [6.07, 6.45) is -0.221. The lowest BCUT2D eigenvalue weighted by Gasteiger charge is -2.27. The van der Waals surface area contributed by atoms with E-state index in [0.29, 0.717) is 6.42 Å². The zero-order valence-electron chi connectivity index (χ0n) is 25.3. The van der Waals surface area contributed by atoms with E-state index in [2.05, 4.69) is 21.3 Å². The number of ketones is 1. The fourth-order valence-electron chi connectivity index (χ4n) is 4.31. The number of hydrogen-bond donors (Lipinski definition) is 4. The van der Waals surface area contributed by atoms with Gasteiger partial charge in [0.15, 0.2) is 0 Å². The third-order valence-corrected chi connectivity index (χ3v) is 6.56. The van der Waals surface area contributed by atoms with Crippen LogP contribution in [0.25, 0.3) is 0 Å². The number of hydrogen-bond acceptors (Lipinski definition) is 6. The van der Waals surface area contributed by atoms with Gasteiger partial charge in [-0.3, -0.25) is 19.2 Å². The monoisotopic (exact) mass is 580 g/mol. The molecule has 0 saturated heterocycles. The average molecular weight is 581 g/mol. The first-order valence-electron chi connectivity index (χ1n) is 14.4. The molecule has 4 atom stereocenters. The second kappa shape index (κ2) is 16.9. The molecule has 0 radical (unpaired) electrons. The van der Waals surface area contributed by atoms with Crippen LogP contribution in [0.15, 0.2) is 60.7 Å². The van der Waals surface area contributed by atoms with Crippen LogP contribution >= 0.6 is 0 Å². The van der Waals surface area contributed by atoms with Crippen molar-refractivity contribution in [1.29, 1.82) is 0 Å². The molecule has 2 aromatic rings. The number of nitrogens with one attached hydrogen (secondary N) is 4. The normalized spacial score (nSPS) is 13.8. The topological polar surface area (TPSA) is 143 Å². The highest BCUT2D eigenvalue weighted by Gasteiger charge is 2.33. The Morgan fingerprint density at radius 3 is 1.83 bits per heavy atom. The van der Waals surface area contributed by atoms with E-state index in [9.17, 15) is 24.0 Å². The molecule has 0 saturated carbocycles. The molecule has 0 aliphatic rings. The molecular weight excluding hydrogens is 536 g/mol. The zero-order chi connectivity index (χ0) is 31.2. The molecule has 10 nitrogen and oxygen atoms in total. The van der Waals surface area contributed by atoms with Crippen LogP contribution in [0.3, 0.4) is 0 Å². The van der Waals surface area contributed by atoms with E-state index in [1.807, 2.05) is 67.6 Å². The summed E-state index contributed by atoms with van der Waals surface area (Å²) in [6.45, 7) is 10.5. The Hall–Kier alpha value is -4.21. The molecule has 0 bridgehead atoms.